The molecule has 0 saturated heterocycles. The summed E-state index contributed by atoms with van der Waals surface area (Å²) in [5.74, 6) is 0.0294. The molecule has 1 aliphatic heterocycles. The predicted octanol–water partition coefficient (Wildman–Crippen LogP) is 4.99. The Hall–Kier alpha value is -3.23. The van der Waals surface area contributed by atoms with E-state index in [-0.39, 0.29) is 11.4 Å². The maximum absolute atomic E-state index is 13.4. The molecular weight excluding hydrogens is 408 g/mol. The number of pyridine rings is 1. The van der Waals surface area contributed by atoms with Crippen LogP contribution in [0.3, 0.4) is 0 Å². The maximum atomic E-state index is 13.4. The molecule has 1 fully saturated rings. The van der Waals surface area contributed by atoms with E-state index in [4.69, 9.17) is 5.26 Å². The molecule has 168 valence electrons. The average Bonchev–Trinajstić information content (AvgIpc) is 2.87. The molecule has 0 atom stereocenters. The van der Waals surface area contributed by atoms with Crippen molar-refractivity contribution in [3.05, 3.63) is 77.1 Å². The largest absolute Gasteiger partial charge is 0.347 e. The van der Waals surface area contributed by atoms with Gasteiger partial charge >= 0.3 is 0 Å². The molecule has 0 bridgehead atoms. The lowest BCUT2D eigenvalue weighted by molar-refractivity contribution is 0.0842. The van der Waals surface area contributed by atoms with Crippen LogP contribution >= 0.6 is 0 Å². The van der Waals surface area contributed by atoms with Gasteiger partial charge in [-0.05, 0) is 66.5 Å². The number of carbonyl (C=O) groups is 1. The van der Waals surface area contributed by atoms with E-state index in [2.05, 4.69) is 27.3 Å². The highest BCUT2D eigenvalue weighted by Crippen LogP contribution is 2.33. The number of nitrogens with zero attached hydrogens (tertiary/aromatic N) is 3. The number of nitriles is 1. The number of benzene rings is 2. The summed E-state index contributed by atoms with van der Waals surface area (Å²) in [6, 6.07) is 16.1. The van der Waals surface area contributed by atoms with Crippen LogP contribution in [0, 0.1) is 11.3 Å². The minimum Gasteiger partial charge on any atom is -0.347 e. The van der Waals surface area contributed by atoms with Crippen molar-refractivity contribution in [2.24, 2.45) is 0 Å². The molecule has 1 amide bonds. The second kappa shape index (κ2) is 9.33. The van der Waals surface area contributed by atoms with Crippen LogP contribution in [0.4, 0.5) is 0 Å². The first-order chi connectivity index (χ1) is 16.2. The van der Waals surface area contributed by atoms with Crippen LogP contribution in [0.2, 0.25) is 0 Å². The van der Waals surface area contributed by atoms with Crippen LogP contribution < -0.4 is 5.32 Å². The first kappa shape index (κ1) is 21.6. The fourth-order valence-electron chi connectivity index (χ4n) is 5.54. The molecule has 5 rings (SSSR count). The summed E-state index contributed by atoms with van der Waals surface area (Å²) in [4.78, 5) is 20.1. The van der Waals surface area contributed by atoms with Gasteiger partial charge in [0.05, 0.1) is 11.6 Å². The molecule has 0 spiro atoms. The van der Waals surface area contributed by atoms with E-state index in [9.17, 15) is 4.79 Å². The van der Waals surface area contributed by atoms with Crippen molar-refractivity contribution in [2.75, 3.05) is 13.1 Å². The number of carbonyl (C=O) groups excluding carboxylic acids is 1. The lowest BCUT2D eigenvalue weighted by atomic mass is 9.78. The van der Waals surface area contributed by atoms with Crippen molar-refractivity contribution >= 4 is 16.7 Å². The van der Waals surface area contributed by atoms with E-state index in [1.807, 2.05) is 42.6 Å². The topological polar surface area (TPSA) is 69.0 Å². The van der Waals surface area contributed by atoms with Crippen LogP contribution in [0.25, 0.3) is 10.8 Å². The van der Waals surface area contributed by atoms with Gasteiger partial charge in [0.15, 0.2) is 0 Å². The zero-order valence-corrected chi connectivity index (χ0v) is 19.0. The van der Waals surface area contributed by atoms with Gasteiger partial charge in [-0.3, -0.25) is 14.7 Å². The quantitative estimate of drug-likeness (QED) is 0.609. The van der Waals surface area contributed by atoms with Gasteiger partial charge in [0, 0.05) is 48.5 Å². The van der Waals surface area contributed by atoms with Crippen LogP contribution in [0.1, 0.15) is 65.6 Å². The molecular formula is C28H30N4O. The number of aromatic nitrogens is 1. The van der Waals surface area contributed by atoms with E-state index in [0.717, 1.165) is 67.2 Å². The average molecular weight is 439 g/mol. The number of amides is 1. The highest BCUT2D eigenvalue weighted by Gasteiger charge is 2.34. The molecule has 0 unspecified atom stereocenters. The highest BCUT2D eigenvalue weighted by molar-refractivity contribution is 6.07. The molecule has 1 aromatic heterocycles. The van der Waals surface area contributed by atoms with E-state index in [0.29, 0.717) is 0 Å². The molecule has 1 saturated carbocycles. The van der Waals surface area contributed by atoms with Crippen LogP contribution in [0.15, 0.2) is 54.9 Å². The normalized spacial score (nSPS) is 17.8. The third-order valence-electron chi connectivity index (χ3n) is 7.45. The third kappa shape index (κ3) is 4.62. The Kier molecular flexibility index (Phi) is 6.11. The van der Waals surface area contributed by atoms with Crippen molar-refractivity contribution in [2.45, 2.75) is 57.0 Å². The number of hydrogen-bond donors (Lipinski definition) is 1. The zero-order chi connectivity index (χ0) is 22.7. The number of fused-ring (bicyclic) bond motifs is 2. The Morgan fingerprint density at radius 1 is 1.12 bits per heavy atom. The summed E-state index contributed by atoms with van der Waals surface area (Å²) in [7, 11) is 0. The number of nitrogens with one attached hydrogen (secondary N) is 1. The molecule has 33 heavy (non-hydrogen) atoms. The second-order valence-corrected chi connectivity index (χ2v) is 9.57. The third-order valence-corrected chi connectivity index (χ3v) is 7.45. The van der Waals surface area contributed by atoms with Gasteiger partial charge in [-0.15, -0.1) is 0 Å². The Balaban J connectivity index is 1.30. The molecule has 3 aromatic rings. The minimum absolute atomic E-state index is 0.0294. The lowest BCUT2D eigenvalue weighted by Crippen LogP contribution is -2.51. The Bertz CT molecular complexity index is 1200. The summed E-state index contributed by atoms with van der Waals surface area (Å²) < 4.78 is 0. The fraction of sp³-hybridized carbons (Fsp3) is 0.393. The Labute approximate surface area is 195 Å². The summed E-state index contributed by atoms with van der Waals surface area (Å²) in [5.41, 5.74) is 3.97. The number of hydrogen-bond acceptors (Lipinski definition) is 4. The monoisotopic (exact) mass is 438 g/mol. The van der Waals surface area contributed by atoms with E-state index in [1.165, 1.54) is 30.4 Å². The fourth-order valence-corrected chi connectivity index (χ4v) is 5.54. The van der Waals surface area contributed by atoms with Crippen LogP contribution in [-0.2, 0) is 13.0 Å². The van der Waals surface area contributed by atoms with Crippen molar-refractivity contribution in [1.29, 1.82) is 5.26 Å². The van der Waals surface area contributed by atoms with E-state index >= 15 is 0 Å². The zero-order valence-electron chi connectivity index (χ0n) is 19.0. The molecule has 5 nitrogen and oxygen atoms in total. The highest BCUT2D eigenvalue weighted by atomic mass is 16.1. The Morgan fingerprint density at radius 3 is 2.85 bits per heavy atom. The van der Waals surface area contributed by atoms with Gasteiger partial charge in [0.1, 0.15) is 0 Å². The second-order valence-electron chi connectivity index (χ2n) is 9.57. The SMILES string of the molecule is N#Cc1ccc2c(c1)CCN(CCC1(NC(=O)c3cccc4cnccc34)CCCCC1)C2. The van der Waals surface area contributed by atoms with Gasteiger partial charge in [0.25, 0.3) is 5.91 Å². The van der Waals surface area contributed by atoms with Gasteiger partial charge in [-0.2, -0.15) is 5.26 Å². The molecule has 2 heterocycles. The summed E-state index contributed by atoms with van der Waals surface area (Å²) in [6.07, 6.45) is 11.2. The van der Waals surface area contributed by atoms with Crippen LogP contribution in [0.5, 0.6) is 0 Å². The molecule has 2 aromatic carbocycles. The van der Waals surface area contributed by atoms with Crippen molar-refractivity contribution < 1.29 is 4.79 Å². The van der Waals surface area contributed by atoms with Gasteiger partial charge in [0.2, 0.25) is 0 Å². The lowest BCUT2D eigenvalue weighted by Gasteiger charge is -2.40. The summed E-state index contributed by atoms with van der Waals surface area (Å²) >= 11 is 0. The standard InChI is InChI=1S/C28H30N4O/c29-18-21-7-8-24-20-32(15-10-22(24)17-21)16-13-28(11-2-1-3-12-28)31-27(33)26-6-4-5-23-19-30-14-9-25(23)26/h4-9,14,17,19H,1-3,10-13,15-16,20H2,(H,31,33). The first-order valence-electron chi connectivity index (χ1n) is 12.1. The smallest absolute Gasteiger partial charge is 0.252 e. The van der Waals surface area contributed by atoms with Gasteiger partial charge in [-0.1, -0.05) is 37.5 Å². The van der Waals surface area contributed by atoms with E-state index in [1.54, 1.807) is 6.20 Å². The van der Waals surface area contributed by atoms with Gasteiger partial charge < -0.3 is 5.32 Å². The molecule has 5 heteroatoms. The molecule has 0 radical (unpaired) electrons. The predicted molar refractivity (Wildman–Crippen MR) is 130 cm³/mol. The van der Waals surface area contributed by atoms with Crippen molar-refractivity contribution in [1.82, 2.24) is 15.2 Å². The molecule has 1 N–H and O–H groups in total. The molecule has 1 aliphatic carbocycles. The first-order valence-corrected chi connectivity index (χ1v) is 12.1. The summed E-state index contributed by atoms with van der Waals surface area (Å²) in [6.45, 7) is 2.89. The van der Waals surface area contributed by atoms with E-state index < -0.39 is 0 Å². The summed E-state index contributed by atoms with van der Waals surface area (Å²) in [5, 5.41) is 14.6. The van der Waals surface area contributed by atoms with Crippen molar-refractivity contribution in [3.63, 3.8) is 0 Å². The Morgan fingerprint density at radius 2 is 2.00 bits per heavy atom. The maximum Gasteiger partial charge on any atom is 0.252 e. The minimum atomic E-state index is -0.143. The van der Waals surface area contributed by atoms with Crippen molar-refractivity contribution in [3.8, 4) is 6.07 Å². The van der Waals surface area contributed by atoms with Gasteiger partial charge in [-0.25, -0.2) is 0 Å². The number of rotatable bonds is 5. The van der Waals surface area contributed by atoms with Crippen LogP contribution in [-0.4, -0.2) is 34.4 Å². The molecule has 2 aliphatic rings.